The maximum Gasteiger partial charge on any atom is 0.410 e. The van der Waals surface area contributed by atoms with Crippen molar-refractivity contribution >= 4 is 11.8 Å². The Morgan fingerprint density at radius 2 is 1.53 bits per heavy atom. The number of aromatic nitrogens is 1. The van der Waals surface area contributed by atoms with Gasteiger partial charge >= 0.3 is 6.09 Å². The number of pyridine rings is 1. The van der Waals surface area contributed by atoms with Crippen molar-refractivity contribution in [3.05, 3.63) is 88.8 Å². The molecule has 0 unspecified atom stereocenters. The average Bonchev–Trinajstić information content (AvgIpc) is 2.83. The van der Waals surface area contributed by atoms with Gasteiger partial charge in [0.15, 0.2) is 0 Å². The van der Waals surface area contributed by atoms with E-state index in [2.05, 4.69) is 4.90 Å². The zero-order chi connectivity index (χ0) is 24.1. The Bertz CT molecular complexity index is 1160. The summed E-state index contributed by atoms with van der Waals surface area (Å²) in [5, 5.41) is 0. The molecule has 2 heterocycles. The van der Waals surface area contributed by atoms with Crippen molar-refractivity contribution in [2.24, 2.45) is 0 Å². The molecule has 1 amide bonds. The van der Waals surface area contributed by atoms with Gasteiger partial charge in [0.1, 0.15) is 18.0 Å². The van der Waals surface area contributed by atoms with E-state index < -0.39 is 5.60 Å². The molecule has 1 aliphatic heterocycles. The third-order valence-electron chi connectivity index (χ3n) is 5.56. The molecule has 0 N–H and O–H groups in total. The van der Waals surface area contributed by atoms with Crippen molar-refractivity contribution in [3.8, 4) is 11.4 Å². The van der Waals surface area contributed by atoms with Gasteiger partial charge in [-0.15, -0.1) is 0 Å². The van der Waals surface area contributed by atoms with Gasteiger partial charge in [0.25, 0.3) is 5.56 Å². The van der Waals surface area contributed by atoms with E-state index >= 15 is 0 Å². The molecule has 1 aromatic heterocycles. The van der Waals surface area contributed by atoms with Crippen LogP contribution in [0.15, 0.2) is 77.7 Å². The number of rotatable bonds is 5. The van der Waals surface area contributed by atoms with Crippen LogP contribution in [-0.4, -0.2) is 47.3 Å². The number of benzene rings is 2. The molecule has 0 aliphatic carbocycles. The number of carbonyl (C=O) groups excluding carboxylic acids is 1. The number of piperazine rings is 1. The highest BCUT2D eigenvalue weighted by Gasteiger charge is 2.25. The van der Waals surface area contributed by atoms with Gasteiger partial charge in [-0.1, -0.05) is 30.3 Å². The third-order valence-corrected chi connectivity index (χ3v) is 5.56. The largest absolute Gasteiger partial charge is 0.489 e. The van der Waals surface area contributed by atoms with Crippen molar-refractivity contribution in [1.29, 1.82) is 0 Å². The zero-order valence-electron chi connectivity index (χ0n) is 19.9. The van der Waals surface area contributed by atoms with Crippen LogP contribution < -0.4 is 15.2 Å². The van der Waals surface area contributed by atoms with E-state index in [0.29, 0.717) is 25.4 Å². The fourth-order valence-corrected chi connectivity index (χ4v) is 3.80. The third kappa shape index (κ3) is 5.98. The molecule has 0 spiro atoms. The van der Waals surface area contributed by atoms with E-state index in [-0.39, 0.29) is 11.7 Å². The zero-order valence-corrected chi connectivity index (χ0v) is 19.9. The molecule has 3 aromatic rings. The Labute approximate surface area is 200 Å². The minimum absolute atomic E-state index is 0.149. The first-order chi connectivity index (χ1) is 16.3. The SMILES string of the molecule is CC(C)(C)OC(=O)N1CCN(c2ccc(-n3ccc(OCc4ccccc4)cc3=O)cc2)CC1. The number of nitrogens with zero attached hydrogens (tertiary/aromatic N) is 3. The van der Waals surface area contributed by atoms with Crippen molar-refractivity contribution in [3.63, 3.8) is 0 Å². The monoisotopic (exact) mass is 461 g/mol. The predicted octanol–water partition coefficient (Wildman–Crippen LogP) is 4.47. The summed E-state index contributed by atoms with van der Waals surface area (Å²) in [6, 6.07) is 21.0. The van der Waals surface area contributed by atoms with Crippen LogP contribution >= 0.6 is 0 Å². The quantitative estimate of drug-likeness (QED) is 0.561. The molecular weight excluding hydrogens is 430 g/mol. The molecule has 1 fully saturated rings. The summed E-state index contributed by atoms with van der Waals surface area (Å²) in [5.41, 5.74) is 2.26. The van der Waals surface area contributed by atoms with E-state index in [0.717, 1.165) is 30.0 Å². The van der Waals surface area contributed by atoms with Crippen molar-refractivity contribution in [1.82, 2.24) is 9.47 Å². The summed E-state index contributed by atoms with van der Waals surface area (Å²) in [6.07, 6.45) is 1.47. The Morgan fingerprint density at radius 3 is 2.15 bits per heavy atom. The standard InChI is InChI=1S/C27H31N3O4/c1-27(2,3)34-26(32)29-17-15-28(16-18-29)22-9-11-23(12-10-22)30-14-13-24(19-25(30)31)33-20-21-7-5-4-6-8-21/h4-14,19H,15-18,20H2,1-3H3. The number of anilines is 1. The van der Waals surface area contributed by atoms with E-state index in [1.54, 1.807) is 21.7 Å². The van der Waals surface area contributed by atoms with Crippen molar-refractivity contribution in [2.75, 3.05) is 31.1 Å². The van der Waals surface area contributed by atoms with Crippen LogP contribution in [0, 0.1) is 0 Å². The van der Waals surface area contributed by atoms with Gasteiger partial charge in [0, 0.05) is 49.8 Å². The molecule has 0 saturated carbocycles. The molecule has 0 atom stereocenters. The van der Waals surface area contributed by atoms with Gasteiger partial charge < -0.3 is 19.3 Å². The Balaban J connectivity index is 1.35. The van der Waals surface area contributed by atoms with Gasteiger partial charge in [-0.05, 0) is 56.7 Å². The molecule has 7 heteroatoms. The summed E-state index contributed by atoms with van der Waals surface area (Å²) in [6.45, 7) is 8.72. The molecule has 7 nitrogen and oxygen atoms in total. The molecule has 2 aromatic carbocycles. The number of hydrogen-bond donors (Lipinski definition) is 0. The number of hydrogen-bond acceptors (Lipinski definition) is 5. The second-order valence-corrected chi connectivity index (χ2v) is 9.32. The van der Waals surface area contributed by atoms with Crippen LogP contribution in [0.3, 0.4) is 0 Å². The van der Waals surface area contributed by atoms with Gasteiger partial charge in [-0.3, -0.25) is 9.36 Å². The summed E-state index contributed by atoms with van der Waals surface area (Å²) in [5.74, 6) is 0.546. The van der Waals surface area contributed by atoms with Crippen LogP contribution in [0.5, 0.6) is 5.75 Å². The first kappa shape index (κ1) is 23.4. The lowest BCUT2D eigenvalue weighted by Gasteiger charge is -2.36. The minimum Gasteiger partial charge on any atom is -0.489 e. The highest BCUT2D eigenvalue weighted by molar-refractivity contribution is 5.68. The summed E-state index contributed by atoms with van der Waals surface area (Å²) in [7, 11) is 0. The van der Waals surface area contributed by atoms with Gasteiger partial charge in [0.2, 0.25) is 0 Å². The normalized spacial score (nSPS) is 14.1. The van der Waals surface area contributed by atoms with Crippen LogP contribution in [0.25, 0.3) is 5.69 Å². The van der Waals surface area contributed by atoms with E-state index in [4.69, 9.17) is 9.47 Å². The summed E-state index contributed by atoms with van der Waals surface area (Å²) < 4.78 is 12.8. The van der Waals surface area contributed by atoms with E-state index in [9.17, 15) is 9.59 Å². The molecular formula is C27H31N3O4. The highest BCUT2D eigenvalue weighted by Crippen LogP contribution is 2.20. The molecule has 1 aliphatic rings. The molecule has 178 valence electrons. The lowest BCUT2D eigenvalue weighted by molar-refractivity contribution is 0.0240. The lowest BCUT2D eigenvalue weighted by Crippen LogP contribution is -2.50. The smallest absolute Gasteiger partial charge is 0.410 e. The molecule has 0 bridgehead atoms. The number of amides is 1. The van der Waals surface area contributed by atoms with E-state index in [1.807, 2.05) is 75.4 Å². The summed E-state index contributed by atoms with van der Waals surface area (Å²) >= 11 is 0. The maximum absolute atomic E-state index is 12.7. The van der Waals surface area contributed by atoms with Crippen molar-refractivity contribution < 1.29 is 14.3 Å². The number of ether oxygens (including phenoxy) is 2. The van der Waals surface area contributed by atoms with Gasteiger partial charge in [-0.25, -0.2) is 4.79 Å². The Morgan fingerprint density at radius 1 is 0.882 bits per heavy atom. The van der Waals surface area contributed by atoms with Gasteiger partial charge in [-0.2, -0.15) is 0 Å². The second kappa shape index (κ2) is 10.0. The number of carbonyl (C=O) groups is 1. The Hall–Kier alpha value is -3.74. The topological polar surface area (TPSA) is 64.0 Å². The fraction of sp³-hybridized carbons (Fsp3) is 0.333. The second-order valence-electron chi connectivity index (χ2n) is 9.32. The van der Waals surface area contributed by atoms with Crippen LogP contribution in [-0.2, 0) is 11.3 Å². The van der Waals surface area contributed by atoms with E-state index in [1.165, 1.54) is 6.07 Å². The van der Waals surface area contributed by atoms with Crippen LogP contribution in [0.1, 0.15) is 26.3 Å². The fourth-order valence-electron chi connectivity index (χ4n) is 3.80. The Kier molecular flexibility index (Phi) is 6.91. The van der Waals surface area contributed by atoms with Crippen molar-refractivity contribution in [2.45, 2.75) is 33.0 Å². The van der Waals surface area contributed by atoms with Crippen LogP contribution in [0.4, 0.5) is 10.5 Å². The minimum atomic E-state index is -0.492. The average molecular weight is 462 g/mol. The highest BCUT2D eigenvalue weighted by atomic mass is 16.6. The molecule has 0 radical (unpaired) electrons. The lowest BCUT2D eigenvalue weighted by atomic mass is 10.2. The predicted molar refractivity (Wildman–Crippen MR) is 133 cm³/mol. The molecule has 4 rings (SSSR count). The van der Waals surface area contributed by atoms with Crippen LogP contribution in [0.2, 0.25) is 0 Å². The molecule has 1 saturated heterocycles. The first-order valence-corrected chi connectivity index (χ1v) is 11.5. The summed E-state index contributed by atoms with van der Waals surface area (Å²) in [4.78, 5) is 28.9. The first-order valence-electron chi connectivity index (χ1n) is 11.5. The van der Waals surface area contributed by atoms with Gasteiger partial charge in [0.05, 0.1) is 0 Å². The molecule has 34 heavy (non-hydrogen) atoms. The maximum atomic E-state index is 12.7.